The Morgan fingerprint density at radius 3 is 2.41 bits per heavy atom. The van der Waals surface area contributed by atoms with Crippen molar-refractivity contribution in [3.63, 3.8) is 0 Å². The van der Waals surface area contributed by atoms with Crippen molar-refractivity contribution in [3.05, 3.63) is 47.5 Å². The van der Waals surface area contributed by atoms with Crippen molar-refractivity contribution in [1.82, 2.24) is 0 Å². The molecule has 0 spiro atoms. The molecular weight excluding hydrogens is 346 g/mol. The van der Waals surface area contributed by atoms with Crippen molar-refractivity contribution in [2.24, 2.45) is 11.8 Å². The van der Waals surface area contributed by atoms with Gasteiger partial charge in [0.2, 0.25) is 0 Å². The van der Waals surface area contributed by atoms with Crippen molar-refractivity contribution in [2.75, 3.05) is 13.2 Å². The number of hydrogen-bond acceptors (Lipinski definition) is 2. The molecule has 0 amide bonds. The SMILES string of the molecule is CCCCCC=CC1COC(C2CCC(c3ccc(F)c(F)c3)CC2)OC1. The van der Waals surface area contributed by atoms with Crippen LogP contribution in [0.25, 0.3) is 0 Å². The van der Waals surface area contributed by atoms with Gasteiger partial charge in [0.25, 0.3) is 0 Å². The average Bonchev–Trinajstić information content (AvgIpc) is 2.71. The van der Waals surface area contributed by atoms with Crippen LogP contribution >= 0.6 is 0 Å². The van der Waals surface area contributed by atoms with Gasteiger partial charge < -0.3 is 9.47 Å². The number of rotatable bonds is 7. The quantitative estimate of drug-likeness (QED) is 0.406. The second-order valence-electron chi connectivity index (χ2n) is 8.00. The average molecular weight is 379 g/mol. The monoisotopic (exact) mass is 378 g/mol. The molecule has 0 aromatic heterocycles. The zero-order valence-corrected chi connectivity index (χ0v) is 16.3. The van der Waals surface area contributed by atoms with Crippen LogP contribution in [0.2, 0.25) is 0 Å². The summed E-state index contributed by atoms with van der Waals surface area (Å²) in [6.45, 7) is 3.69. The van der Waals surface area contributed by atoms with Crippen LogP contribution in [0.5, 0.6) is 0 Å². The van der Waals surface area contributed by atoms with Gasteiger partial charge in [-0.15, -0.1) is 0 Å². The van der Waals surface area contributed by atoms with E-state index in [4.69, 9.17) is 9.47 Å². The summed E-state index contributed by atoms with van der Waals surface area (Å²) in [5, 5.41) is 0. The topological polar surface area (TPSA) is 18.5 Å². The Labute approximate surface area is 161 Å². The normalized spacial score (nSPS) is 29.3. The molecule has 150 valence electrons. The third kappa shape index (κ3) is 5.86. The molecule has 0 unspecified atom stereocenters. The van der Waals surface area contributed by atoms with E-state index in [1.165, 1.54) is 31.4 Å². The van der Waals surface area contributed by atoms with Crippen LogP contribution in [0.4, 0.5) is 8.78 Å². The fourth-order valence-electron chi connectivity index (χ4n) is 4.21. The van der Waals surface area contributed by atoms with Gasteiger partial charge in [-0.1, -0.05) is 38.0 Å². The molecule has 1 saturated heterocycles. The highest BCUT2D eigenvalue weighted by atomic mass is 19.2. The molecule has 27 heavy (non-hydrogen) atoms. The fraction of sp³-hybridized carbons (Fsp3) is 0.652. The Balaban J connectivity index is 1.40. The lowest BCUT2D eigenvalue weighted by Crippen LogP contribution is -2.37. The van der Waals surface area contributed by atoms with Crippen LogP contribution < -0.4 is 0 Å². The molecule has 3 rings (SSSR count). The van der Waals surface area contributed by atoms with Gasteiger partial charge in [0, 0.05) is 11.8 Å². The Kier molecular flexibility index (Phi) is 7.83. The first kappa shape index (κ1) is 20.5. The number of unbranched alkanes of at least 4 members (excludes halogenated alkanes) is 3. The minimum Gasteiger partial charge on any atom is -0.352 e. The molecule has 4 heteroatoms. The Bertz CT molecular complexity index is 600. The molecule has 1 aromatic rings. The van der Waals surface area contributed by atoms with Gasteiger partial charge in [0.05, 0.1) is 13.2 Å². The summed E-state index contributed by atoms with van der Waals surface area (Å²) in [5.74, 6) is -0.450. The van der Waals surface area contributed by atoms with E-state index in [1.807, 2.05) is 0 Å². The fourth-order valence-corrected chi connectivity index (χ4v) is 4.21. The second kappa shape index (κ2) is 10.3. The Morgan fingerprint density at radius 1 is 1.00 bits per heavy atom. The van der Waals surface area contributed by atoms with Crippen LogP contribution in [0, 0.1) is 23.5 Å². The largest absolute Gasteiger partial charge is 0.352 e. The van der Waals surface area contributed by atoms with Crippen LogP contribution in [0.15, 0.2) is 30.4 Å². The van der Waals surface area contributed by atoms with Gasteiger partial charge in [0.15, 0.2) is 17.9 Å². The highest BCUT2D eigenvalue weighted by molar-refractivity contribution is 5.22. The molecule has 2 aliphatic rings. The lowest BCUT2D eigenvalue weighted by atomic mass is 9.78. The van der Waals surface area contributed by atoms with Gasteiger partial charge in [-0.05, 0) is 62.1 Å². The standard InChI is InChI=1S/C23H32F2O2/c1-2-3-4-5-6-7-17-15-26-23(27-16-17)19-10-8-18(9-11-19)20-12-13-21(24)22(25)14-20/h6-7,12-14,17-19,23H,2-5,8-11,15-16H2,1H3. The maximum Gasteiger partial charge on any atom is 0.160 e. The molecule has 2 fully saturated rings. The van der Waals surface area contributed by atoms with E-state index in [-0.39, 0.29) is 6.29 Å². The molecule has 1 aliphatic heterocycles. The third-order valence-corrected chi connectivity index (χ3v) is 5.90. The number of hydrogen-bond donors (Lipinski definition) is 0. The molecule has 1 aliphatic carbocycles. The molecule has 1 aromatic carbocycles. The van der Waals surface area contributed by atoms with Crippen molar-refractivity contribution < 1.29 is 18.3 Å². The van der Waals surface area contributed by atoms with Crippen LogP contribution in [-0.4, -0.2) is 19.5 Å². The Morgan fingerprint density at radius 2 is 1.74 bits per heavy atom. The van der Waals surface area contributed by atoms with E-state index in [1.54, 1.807) is 6.07 Å². The van der Waals surface area contributed by atoms with Crippen LogP contribution in [0.3, 0.4) is 0 Å². The summed E-state index contributed by atoms with van der Waals surface area (Å²) >= 11 is 0. The molecular formula is C23H32F2O2. The van der Waals surface area contributed by atoms with Gasteiger partial charge >= 0.3 is 0 Å². The third-order valence-electron chi connectivity index (χ3n) is 5.90. The van der Waals surface area contributed by atoms with E-state index in [2.05, 4.69) is 19.1 Å². The molecule has 1 saturated carbocycles. The first-order chi connectivity index (χ1) is 13.2. The van der Waals surface area contributed by atoms with Crippen molar-refractivity contribution in [1.29, 1.82) is 0 Å². The van der Waals surface area contributed by atoms with E-state index in [0.717, 1.165) is 50.9 Å². The lowest BCUT2D eigenvalue weighted by Gasteiger charge is -2.37. The summed E-state index contributed by atoms with van der Waals surface area (Å²) in [4.78, 5) is 0. The molecule has 0 bridgehead atoms. The van der Waals surface area contributed by atoms with E-state index in [9.17, 15) is 8.78 Å². The Hall–Kier alpha value is -1.26. The minimum absolute atomic E-state index is 0.111. The second-order valence-corrected chi connectivity index (χ2v) is 8.00. The van der Waals surface area contributed by atoms with Crippen molar-refractivity contribution in [2.45, 2.75) is 70.5 Å². The van der Waals surface area contributed by atoms with Crippen molar-refractivity contribution in [3.8, 4) is 0 Å². The van der Waals surface area contributed by atoms with E-state index < -0.39 is 11.6 Å². The smallest absolute Gasteiger partial charge is 0.160 e. The summed E-state index contributed by atoms with van der Waals surface area (Å²) in [6.07, 6.45) is 13.3. The zero-order valence-electron chi connectivity index (χ0n) is 16.3. The molecule has 0 radical (unpaired) electrons. The maximum absolute atomic E-state index is 13.5. The number of halogens is 2. The molecule has 0 atom stereocenters. The number of benzene rings is 1. The molecule has 2 nitrogen and oxygen atoms in total. The van der Waals surface area contributed by atoms with Gasteiger partial charge in [-0.25, -0.2) is 8.78 Å². The maximum atomic E-state index is 13.5. The number of ether oxygens (including phenoxy) is 2. The van der Waals surface area contributed by atoms with E-state index in [0.29, 0.717) is 17.8 Å². The summed E-state index contributed by atoms with van der Waals surface area (Å²) in [6, 6.07) is 4.31. The zero-order chi connectivity index (χ0) is 19.1. The predicted molar refractivity (Wildman–Crippen MR) is 104 cm³/mol. The van der Waals surface area contributed by atoms with Gasteiger partial charge in [-0.2, -0.15) is 0 Å². The first-order valence-corrected chi connectivity index (χ1v) is 10.5. The highest BCUT2D eigenvalue weighted by Gasteiger charge is 2.32. The molecule has 1 heterocycles. The first-order valence-electron chi connectivity index (χ1n) is 10.5. The predicted octanol–water partition coefficient (Wildman–Crippen LogP) is 6.36. The van der Waals surface area contributed by atoms with Gasteiger partial charge in [-0.3, -0.25) is 0 Å². The van der Waals surface area contributed by atoms with Crippen LogP contribution in [-0.2, 0) is 9.47 Å². The van der Waals surface area contributed by atoms with Crippen LogP contribution in [0.1, 0.15) is 69.8 Å². The summed E-state index contributed by atoms with van der Waals surface area (Å²) in [5.41, 5.74) is 0.908. The van der Waals surface area contributed by atoms with Gasteiger partial charge in [0.1, 0.15) is 0 Å². The summed E-state index contributed by atoms with van der Waals surface area (Å²) in [7, 11) is 0. The number of allylic oxidation sites excluding steroid dienone is 1. The van der Waals surface area contributed by atoms with Crippen molar-refractivity contribution >= 4 is 0 Å². The minimum atomic E-state index is -0.773. The van der Waals surface area contributed by atoms with E-state index >= 15 is 0 Å². The summed E-state index contributed by atoms with van der Waals surface area (Å²) < 4.78 is 38.6. The molecule has 0 N–H and O–H groups in total. The highest BCUT2D eigenvalue weighted by Crippen LogP contribution is 2.39. The lowest BCUT2D eigenvalue weighted by molar-refractivity contribution is -0.222.